The Labute approximate surface area is 144 Å². The molecule has 2 aromatic rings. The minimum absolute atomic E-state index is 0.142. The van der Waals surface area contributed by atoms with Crippen LogP contribution in [0.25, 0.3) is 0 Å². The first-order valence-corrected chi connectivity index (χ1v) is 10.1. The lowest BCUT2D eigenvalue weighted by Crippen LogP contribution is -2.39. The summed E-state index contributed by atoms with van der Waals surface area (Å²) < 4.78 is 27.5. The molecule has 2 atom stereocenters. The van der Waals surface area contributed by atoms with Crippen LogP contribution in [0, 0.1) is 0 Å². The Bertz CT molecular complexity index is 754. The highest BCUT2D eigenvalue weighted by atomic mass is 32.2. The highest BCUT2D eigenvalue weighted by Crippen LogP contribution is 2.29. The molecule has 2 heterocycles. The SMILES string of the molecule is CCC(C)c1ccc(S(=O)(=O)N2CCCC(c3ncc[nH]3)C2)cc1. The first kappa shape index (κ1) is 17.2. The standard InChI is InChI=1S/C18H25N3O2S/c1-3-14(2)15-6-8-17(9-7-15)24(22,23)21-12-4-5-16(13-21)18-19-10-11-20-18/h6-11,14,16H,3-5,12-13H2,1-2H3,(H,19,20). The number of aromatic nitrogens is 2. The van der Waals surface area contributed by atoms with Gasteiger partial charge in [0.25, 0.3) is 0 Å². The summed E-state index contributed by atoms with van der Waals surface area (Å²) >= 11 is 0. The van der Waals surface area contributed by atoms with Gasteiger partial charge in [0.1, 0.15) is 5.82 Å². The fourth-order valence-corrected chi connectivity index (χ4v) is 4.76. The smallest absolute Gasteiger partial charge is 0.243 e. The molecule has 0 bridgehead atoms. The zero-order valence-electron chi connectivity index (χ0n) is 14.3. The van der Waals surface area contributed by atoms with Gasteiger partial charge in [-0.05, 0) is 42.9 Å². The zero-order valence-corrected chi connectivity index (χ0v) is 15.1. The van der Waals surface area contributed by atoms with Gasteiger partial charge in [-0.15, -0.1) is 0 Å². The second kappa shape index (κ2) is 7.07. The van der Waals surface area contributed by atoms with Crippen molar-refractivity contribution < 1.29 is 8.42 Å². The molecule has 0 saturated carbocycles. The number of hydrogen-bond acceptors (Lipinski definition) is 3. The Hall–Kier alpha value is -1.66. The summed E-state index contributed by atoms with van der Waals surface area (Å²) in [4.78, 5) is 7.79. The summed E-state index contributed by atoms with van der Waals surface area (Å²) in [5.41, 5.74) is 1.18. The molecular weight excluding hydrogens is 322 g/mol. The number of aromatic amines is 1. The lowest BCUT2D eigenvalue weighted by molar-refractivity contribution is 0.310. The van der Waals surface area contributed by atoms with Crippen LogP contribution in [-0.4, -0.2) is 35.8 Å². The molecule has 0 spiro atoms. The van der Waals surface area contributed by atoms with Crippen LogP contribution in [0.3, 0.4) is 0 Å². The average Bonchev–Trinajstić information content (AvgIpc) is 3.16. The quantitative estimate of drug-likeness (QED) is 0.900. The molecule has 1 saturated heterocycles. The van der Waals surface area contributed by atoms with E-state index in [1.54, 1.807) is 28.8 Å². The molecule has 0 radical (unpaired) electrons. The number of piperidine rings is 1. The number of nitrogens with zero attached hydrogens (tertiary/aromatic N) is 2. The van der Waals surface area contributed by atoms with E-state index in [4.69, 9.17) is 0 Å². The molecule has 1 aromatic carbocycles. The molecule has 5 nitrogen and oxygen atoms in total. The lowest BCUT2D eigenvalue weighted by atomic mass is 9.99. The van der Waals surface area contributed by atoms with Crippen LogP contribution in [0.5, 0.6) is 0 Å². The van der Waals surface area contributed by atoms with Gasteiger partial charge in [-0.25, -0.2) is 13.4 Å². The molecule has 1 fully saturated rings. The van der Waals surface area contributed by atoms with Crippen LogP contribution in [0.2, 0.25) is 0 Å². The van der Waals surface area contributed by atoms with Crippen molar-refractivity contribution in [1.29, 1.82) is 0 Å². The van der Waals surface area contributed by atoms with Crippen molar-refractivity contribution in [3.05, 3.63) is 48.0 Å². The summed E-state index contributed by atoms with van der Waals surface area (Å²) in [7, 11) is -3.44. The van der Waals surface area contributed by atoms with Gasteiger partial charge in [0.05, 0.1) is 4.90 Å². The van der Waals surface area contributed by atoms with E-state index >= 15 is 0 Å². The number of hydrogen-bond donors (Lipinski definition) is 1. The summed E-state index contributed by atoms with van der Waals surface area (Å²) in [6.07, 6.45) is 6.37. The first-order valence-electron chi connectivity index (χ1n) is 8.61. The van der Waals surface area contributed by atoms with Gasteiger partial charge < -0.3 is 4.98 Å². The minimum Gasteiger partial charge on any atom is -0.348 e. The Morgan fingerprint density at radius 3 is 2.71 bits per heavy atom. The summed E-state index contributed by atoms with van der Waals surface area (Å²) in [6, 6.07) is 7.37. The predicted molar refractivity (Wildman–Crippen MR) is 94.5 cm³/mol. The van der Waals surface area contributed by atoms with Gasteiger partial charge in [-0.1, -0.05) is 26.0 Å². The van der Waals surface area contributed by atoms with Crippen LogP contribution in [0.4, 0.5) is 0 Å². The van der Waals surface area contributed by atoms with E-state index in [0.29, 0.717) is 23.9 Å². The van der Waals surface area contributed by atoms with Crippen molar-refractivity contribution in [1.82, 2.24) is 14.3 Å². The van der Waals surface area contributed by atoms with Crippen LogP contribution < -0.4 is 0 Å². The van der Waals surface area contributed by atoms with E-state index < -0.39 is 10.0 Å². The highest BCUT2D eigenvalue weighted by Gasteiger charge is 2.31. The maximum atomic E-state index is 12.9. The summed E-state index contributed by atoms with van der Waals surface area (Å²) in [6.45, 7) is 5.36. The molecule has 1 aliphatic heterocycles. The topological polar surface area (TPSA) is 66.1 Å². The third kappa shape index (κ3) is 3.39. The Balaban J connectivity index is 1.79. The number of sulfonamides is 1. The number of benzene rings is 1. The largest absolute Gasteiger partial charge is 0.348 e. The summed E-state index contributed by atoms with van der Waals surface area (Å²) in [5.74, 6) is 1.46. The highest BCUT2D eigenvalue weighted by molar-refractivity contribution is 7.89. The summed E-state index contributed by atoms with van der Waals surface area (Å²) in [5, 5.41) is 0. The van der Waals surface area contributed by atoms with Crippen LogP contribution in [-0.2, 0) is 10.0 Å². The van der Waals surface area contributed by atoms with Crippen molar-refractivity contribution in [2.45, 2.75) is 49.8 Å². The lowest BCUT2D eigenvalue weighted by Gasteiger charge is -2.31. The molecule has 1 aliphatic rings. The second-order valence-corrected chi connectivity index (χ2v) is 8.49. The molecule has 1 aromatic heterocycles. The second-order valence-electron chi connectivity index (χ2n) is 6.55. The van der Waals surface area contributed by atoms with Crippen molar-refractivity contribution in [3.63, 3.8) is 0 Å². The van der Waals surface area contributed by atoms with E-state index in [0.717, 1.165) is 25.1 Å². The molecule has 24 heavy (non-hydrogen) atoms. The van der Waals surface area contributed by atoms with Gasteiger partial charge in [0, 0.05) is 31.4 Å². The third-order valence-electron chi connectivity index (χ3n) is 4.99. The van der Waals surface area contributed by atoms with Crippen molar-refractivity contribution in [2.75, 3.05) is 13.1 Å². The van der Waals surface area contributed by atoms with Gasteiger partial charge in [-0.3, -0.25) is 0 Å². The Kier molecular flexibility index (Phi) is 5.06. The van der Waals surface area contributed by atoms with Gasteiger partial charge in [0.15, 0.2) is 0 Å². The first-order chi connectivity index (χ1) is 11.5. The maximum Gasteiger partial charge on any atom is 0.243 e. The molecule has 6 heteroatoms. The monoisotopic (exact) mass is 347 g/mol. The molecule has 0 aliphatic carbocycles. The maximum absolute atomic E-state index is 12.9. The predicted octanol–water partition coefficient (Wildman–Crippen LogP) is 3.49. The van der Waals surface area contributed by atoms with Crippen LogP contribution in [0.15, 0.2) is 41.6 Å². The molecule has 0 amide bonds. The molecule has 2 unspecified atom stereocenters. The average molecular weight is 347 g/mol. The van der Waals surface area contributed by atoms with Crippen LogP contribution >= 0.6 is 0 Å². The van der Waals surface area contributed by atoms with Crippen molar-refractivity contribution in [2.24, 2.45) is 0 Å². The Morgan fingerprint density at radius 2 is 2.08 bits per heavy atom. The van der Waals surface area contributed by atoms with Crippen molar-refractivity contribution in [3.8, 4) is 0 Å². The van der Waals surface area contributed by atoms with E-state index in [1.165, 1.54) is 5.56 Å². The van der Waals surface area contributed by atoms with Crippen molar-refractivity contribution >= 4 is 10.0 Å². The number of rotatable bonds is 5. The molecule has 1 N–H and O–H groups in total. The van der Waals surface area contributed by atoms with E-state index in [1.807, 2.05) is 12.1 Å². The van der Waals surface area contributed by atoms with Gasteiger partial charge >= 0.3 is 0 Å². The van der Waals surface area contributed by atoms with Gasteiger partial charge in [-0.2, -0.15) is 4.31 Å². The van der Waals surface area contributed by atoms with E-state index in [-0.39, 0.29) is 5.92 Å². The number of nitrogens with one attached hydrogen (secondary N) is 1. The molecule has 130 valence electrons. The van der Waals surface area contributed by atoms with Gasteiger partial charge in [0.2, 0.25) is 10.0 Å². The fraction of sp³-hybridized carbons (Fsp3) is 0.500. The minimum atomic E-state index is -3.44. The normalized spacial score (nSPS) is 20.8. The third-order valence-corrected chi connectivity index (χ3v) is 6.87. The molecule has 3 rings (SSSR count). The number of H-pyrrole nitrogens is 1. The van der Waals surface area contributed by atoms with E-state index in [9.17, 15) is 8.42 Å². The zero-order chi connectivity index (χ0) is 17.2. The van der Waals surface area contributed by atoms with Crippen LogP contribution in [0.1, 0.15) is 56.3 Å². The Morgan fingerprint density at radius 1 is 1.33 bits per heavy atom. The fourth-order valence-electron chi connectivity index (χ4n) is 3.24. The van der Waals surface area contributed by atoms with E-state index in [2.05, 4.69) is 23.8 Å². The molecular formula is C18H25N3O2S. The number of imidazole rings is 1.